The number of hydrogen-bond acceptors (Lipinski definition) is 5. The summed E-state index contributed by atoms with van der Waals surface area (Å²) in [5.74, 6) is -0.539. The number of sulfonamides is 2. The van der Waals surface area contributed by atoms with Crippen LogP contribution in [0.25, 0.3) is 0 Å². The summed E-state index contributed by atoms with van der Waals surface area (Å²) in [5.41, 5.74) is 0.943. The van der Waals surface area contributed by atoms with Gasteiger partial charge in [-0.2, -0.15) is 4.31 Å². The molecule has 29 heavy (non-hydrogen) atoms. The van der Waals surface area contributed by atoms with Gasteiger partial charge in [-0.1, -0.05) is 33.6 Å². The highest BCUT2D eigenvalue weighted by Gasteiger charge is 2.22. The number of halogens is 1. The summed E-state index contributed by atoms with van der Waals surface area (Å²) in [6, 6.07) is 12.5. The summed E-state index contributed by atoms with van der Waals surface area (Å²) >= 11 is 3.24. The van der Waals surface area contributed by atoms with Crippen molar-refractivity contribution < 1.29 is 21.6 Å². The zero-order chi connectivity index (χ0) is 21.7. The third-order valence-electron chi connectivity index (χ3n) is 3.96. The number of nitrogens with zero attached hydrogens (tertiary/aromatic N) is 1. The van der Waals surface area contributed by atoms with E-state index in [1.807, 2.05) is 6.92 Å². The molecule has 1 amide bonds. The van der Waals surface area contributed by atoms with Gasteiger partial charge in [-0.3, -0.25) is 4.79 Å². The molecule has 2 rings (SSSR count). The summed E-state index contributed by atoms with van der Waals surface area (Å²) in [6.45, 7) is 1.47. The van der Waals surface area contributed by atoms with Gasteiger partial charge in [0.05, 0.1) is 16.3 Å². The van der Waals surface area contributed by atoms with Crippen LogP contribution in [0.3, 0.4) is 0 Å². The molecule has 0 aliphatic heterocycles. The third kappa shape index (κ3) is 6.61. The Morgan fingerprint density at radius 3 is 2.07 bits per heavy atom. The van der Waals surface area contributed by atoms with Gasteiger partial charge < -0.3 is 5.32 Å². The van der Waals surface area contributed by atoms with E-state index in [9.17, 15) is 21.6 Å². The van der Waals surface area contributed by atoms with Crippen molar-refractivity contribution in [1.29, 1.82) is 0 Å². The molecule has 0 unspecified atom stereocenters. The van der Waals surface area contributed by atoms with E-state index in [0.717, 1.165) is 14.3 Å². The highest BCUT2D eigenvalue weighted by atomic mass is 79.9. The molecule has 8 nitrogen and oxygen atoms in total. The molecule has 0 radical (unpaired) electrons. The van der Waals surface area contributed by atoms with Crippen molar-refractivity contribution in [3.05, 3.63) is 58.6 Å². The third-order valence-corrected chi connectivity index (χ3v) is 7.78. The fourth-order valence-corrected chi connectivity index (χ4v) is 4.74. The molecule has 0 heterocycles. The minimum Gasteiger partial charge on any atom is -0.354 e. The van der Waals surface area contributed by atoms with Crippen LogP contribution in [0.5, 0.6) is 0 Å². The maximum atomic E-state index is 12.5. The molecule has 0 aliphatic carbocycles. The van der Waals surface area contributed by atoms with Crippen LogP contribution in [-0.2, 0) is 24.8 Å². The quantitative estimate of drug-likeness (QED) is 0.503. The van der Waals surface area contributed by atoms with Crippen molar-refractivity contribution >= 4 is 41.9 Å². The maximum Gasteiger partial charge on any atom is 0.243 e. The molecule has 0 saturated heterocycles. The zero-order valence-corrected chi connectivity index (χ0v) is 19.1. The first-order chi connectivity index (χ1) is 13.5. The average molecular weight is 504 g/mol. The second-order valence-corrected chi connectivity index (χ2v) is 11.0. The van der Waals surface area contributed by atoms with Crippen molar-refractivity contribution in [3.8, 4) is 0 Å². The lowest BCUT2D eigenvalue weighted by atomic mass is 10.2. The van der Waals surface area contributed by atoms with Crippen molar-refractivity contribution in [3.63, 3.8) is 0 Å². The Bertz CT molecular complexity index is 1050. The fourth-order valence-electron chi connectivity index (χ4n) is 2.32. The smallest absolute Gasteiger partial charge is 0.243 e. The van der Waals surface area contributed by atoms with Gasteiger partial charge in [0.25, 0.3) is 0 Å². The normalized spacial score (nSPS) is 12.1. The van der Waals surface area contributed by atoms with Gasteiger partial charge in [-0.05, 0) is 43.3 Å². The standard InChI is InChI=1S/C18H22BrN3O5S2/c1-14-3-7-16(8-4-14)28(24,25)21-12-11-20-18(23)13-22(2)29(26,27)17-9-5-15(19)6-10-17/h3-10,21H,11-13H2,1-2H3,(H,20,23). The number of likely N-dealkylation sites (N-methyl/N-ethyl adjacent to an activating group) is 1. The molecule has 2 aromatic carbocycles. The number of carbonyl (C=O) groups excluding carboxylic acids is 1. The number of hydrogen-bond donors (Lipinski definition) is 2. The molecule has 0 aliphatic rings. The van der Waals surface area contributed by atoms with E-state index in [0.29, 0.717) is 0 Å². The maximum absolute atomic E-state index is 12.5. The predicted octanol–water partition coefficient (Wildman–Crippen LogP) is 1.47. The van der Waals surface area contributed by atoms with Gasteiger partial charge in [0, 0.05) is 24.6 Å². The van der Waals surface area contributed by atoms with Crippen LogP contribution in [0.4, 0.5) is 0 Å². The van der Waals surface area contributed by atoms with Gasteiger partial charge in [0.2, 0.25) is 26.0 Å². The van der Waals surface area contributed by atoms with Crippen LogP contribution < -0.4 is 10.0 Å². The van der Waals surface area contributed by atoms with Crippen molar-refractivity contribution in [2.75, 3.05) is 26.7 Å². The summed E-state index contributed by atoms with van der Waals surface area (Å²) in [4.78, 5) is 12.2. The Morgan fingerprint density at radius 1 is 0.931 bits per heavy atom. The second-order valence-electron chi connectivity index (χ2n) is 6.28. The Morgan fingerprint density at radius 2 is 1.48 bits per heavy atom. The number of aryl methyl sites for hydroxylation is 1. The second kappa shape index (κ2) is 9.81. The summed E-state index contributed by atoms with van der Waals surface area (Å²) in [7, 11) is -6.17. The molecule has 0 aromatic heterocycles. The van der Waals surface area contributed by atoms with Gasteiger partial charge in [0.15, 0.2) is 0 Å². The van der Waals surface area contributed by atoms with E-state index in [2.05, 4.69) is 26.0 Å². The Labute approximate surface area is 179 Å². The molecule has 0 bridgehead atoms. The van der Waals surface area contributed by atoms with Gasteiger partial charge in [0.1, 0.15) is 0 Å². The molecule has 0 spiro atoms. The lowest BCUT2D eigenvalue weighted by Gasteiger charge is -2.17. The lowest BCUT2D eigenvalue weighted by molar-refractivity contribution is -0.121. The van der Waals surface area contributed by atoms with Crippen molar-refractivity contribution in [2.45, 2.75) is 16.7 Å². The van der Waals surface area contributed by atoms with Crippen LogP contribution in [0.2, 0.25) is 0 Å². The largest absolute Gasteiger partial charge is 0.354 e. The zero-order valence-electron chi connectivity index (χ0n) is 15.9. The van der Waals surface area contributed by atoms with Crippen LogP contribution >= 0.6 is 15.9 Å². The average Bonchev–Trinajstić information content (AvgIpc) is 2.66. The van der Waals surface area contributed by atoms with E-state index >= 15 is 0 Å². The monoisotopic (exact) mass is 503 g/mol. The number of nitrogens with one attached hydrogen (secondary N) is 2. The van der Waals surface area contributed by atoms with Gasteiger partial charge in [-0.15, -0.1) is 0 Å². The van der Waals surface area contributed by atoms with Crippen LogP contribution in [0.1, 0.15) is 5.56 Å². The fraction of sp³-hybridized carbons (Fsp3) is 0.278. The van der Waals surface area contributed by atoms with Crippen LogP contribution in [0.15, 0.2) is 62.8 Å². The van der Waals surface area contributed by atoms with Gasteiger partial charge in [-0.25, -0.2) is 21.6 Å². The van der Waals surface area contributed by atoms with Crippen molar-refractivity contribution in [2.24, 2.45) is 0 Å². The molecular formula is C18H22BrN3O5S2. The van der Waals surface area contributed by atoms with E-state index in [4.69, 9.17) is 0 Å². The summed E-state index contributed by atoms with van der Waals surface area (Å²) in [5, 5.41) is 2.50. The SMILES string of the molecule is Cc1ccc(S(=O)(=O)NCCNC(=O)CN(C)S(=O)(=O)c2ccc(Br)cc2)cc1. The molecule has 2 aromatic rings. The number of rotatable bonds is 9. The minimum atomic E-state index is -3.80. The van der Waals surface area contributed by atoms with E-state index in [-0.39, 0.29) is 29.4 Å². The number of benzene rings is 2. The van der Waals surface area contributed by atoms with Crippen LogP contribution in [0, 0.1) is 6.92 Å². The lowest BCUT2D eigenvalue weighted by Crippen LogP contribution is -2.41. The Balaban J connectivity index is 1.83. The summed E-state index contributed by atoms with van der Waals surface area (Å²) in [6.07, 6.45) is 0. The molecule has 158 valence electrons. The van der Waals surface area contributed by atoms with Crippen molar-refractivity contribution in [1.82, 2.24) is 14.3 Å². The molecule has 0 atom stereocenters. The van der Waals surface area contributed by atoms with Crippen LogP contribution in [-0.4, -0.2) is 53.7 Å². The number of carbonyl (C=O) groups is 1. The topological polar surface area (TPSA) is 113 Å². The van der Waals surface area contributed by atoms with E-state index in [1.165, 1.54) is 31.3 Å². The van der Waals surface area contributed by atoms with E-state index in [1.54, 1.807) is 24.3 Å². The summed E-state index contributed by atoms with van der Waals surface area (Å²) < 4.78 is 53.3. The first-order valence-corrected chi connectivity index (χ1v) is 12.3. The first kappa shape index (κ1) is 23.5. The molecule has 0 saturated carbocycles. The number of amides is 1. The minimum absolute atomic E-state index is 0.0227. The Kier molecular flexibility index (Phi) is 7.94. The Hall–Kier alpha value is -1.79. The molecule has 0 fully saturated rings. The highest BCUT2D eigenvalue weighted by Crippen LogP contribution is 2.17. The van der Waals surface area contributed by atoms with Gasteiger partial charge >= 0.3 is 0 Å². The molecule has 2 N–H and O–H groups in total. The van der Waals surface area contributed by atoms with E-state index < -0.39 is 26.0 Å². The first-order valence-electron chi connectivity index (χ1n) is 8.57. The predicted molar refractivity (Wildman–Crippen MR) is 113 cm³/mol. The molecular weight excluding hydrogens is 482 g/mol. The molecule has 11 heteroatoms. The highest BCUT2D eigenvalue weighted by molar-refractivity contribution is 9.10.